The van der Waals surface area contributed by atoms with Crippen molar-refractivity contribution in [2.45, 2.75) is 37.0 Å². The minimum atomic E-state index is -0.636. The first-order chi connectivity index (χ1) is 20.8. The van der Waals surface area contributed by atoms with Crippen molar-refractivity contribution in [1.29, 1.82) is 0 Å². The van der Waals surface area contributed by atoms with Crippen molar-refractivity contribution >= 4 is 59.6 Å². The number of imidazole rings is 1. The predicted molar refractivity (Wildman–Crippen MR) is 164 cm³/mol. The number of thiol groups is 1. The summed E-state index contributed by atoms with van der Waals surface area (Å²) in [5.74, 6) is -0.00508. The number of rotatable bonds is 5. The summed E-state index contributed by atoms with van der Waals surface area (Å²) >= 11 is 10.8. The van der Waals surface area contributed by atoms with Gasteiger partial charge in [0, 0.05) is 45.8 Å². The number of methoxy groups -OCH3 is 1. The van der Waals surface area contributed by atoms with Gasteiger partial charge in [0.2, 0.25) is 11.8 Å². The van der Waals surface area contributed by atoms with E-state index in [1.165, 1.54) is 24.2 Å². The lowest BCUT2D eigenvalue weighted by atomic mass is 10.1. The first-order valence-corrected chi connectivity index (χ1v) is 14.2. The molecule has 15 heteroatoms. The smallest absolute Gasteiger partial charge is 0.411 e. The van der Waals surface area contributed by atoms with Crippen LogP contribution in [-0.4, -0.2) is 60.4 Å². The summed E-state index contributed by atoms with van der Waals surface area (Å²) in [5.41, 5.74) is 3.38. The highest BCUT2D eigenvalue weighted by molar-refractivity contribution is 7.81. The van der Waals surface area contributed by atoms with E-state index in [0.717, 1.165) is 0 Å². The van der Waals surface area contributed by atoms with Gasteiger partial charge in [0.15, 0.2) is 0 Å². The first-order valence-electron chi connectivity index (χ1n) is 13.3. The number of nitrogens with one attached hydrogen (secondary N) is 4. The van der Waals surface area contributed by atoms with Crippen LogP contribution in [0.25, 0.3) is 23.0 Å². The number of tetrazole rings is 1. The SMILES string of the molecule is COC(=O)Nc1ccc2c(c1)NC(=O)C[C@H](S)CCC[C@H](NC(=O)/C=C/c1cc(Cl)ccc1-n1cnnn1)c1nc-2c[nH]1. The maximum absolute atomic E-state index is 13.1. The molecule has 43 heavy (non-hydrogen) atoms. The number of anilines is 2. The van der Waals surface area contributed by atoms with Crippen molar-refractivity contribution in [1.82, 2.24) is 35.5 Å². The van der Waals surface area contributed by atoms with Crippen LogP contribution in [0, 0.1) is 0 Å². The van der Waals surface area contributed by atoms with Crippen LogP contribution in [0.3, 0.4) is 0 Å². The first kappa shape index (κ1) is 29.8. The van der Waals surface area contributed by atoms with Crippen LogP contribution in [0.2, 0.25) is 5.02 Å². The second-order valence-electron chi connectivity index (χ2n) is 9.74. The Labute approximate surface area is 256 Å². The molecule has 0 radical (unpaired) electrons. The molecule has 2 atom stereocenters. The van der Waals surface area contributed by atoms with Crippen LogP contribution in [-0.2, 0) is 14.3 Å². The van der Waals surface area contributed by atoms with E-state index >= 15 is 0 Å². The molecule has 4 N–H and O–H groups in total. The van der Waals surface area contributed by atoms with Crippen molar-refractivity contribution in [2.75, 3.05) is 17.7 Å². The maximum atomic E-state index is 13.1. The molecule has 0 fully saturated rings. The van der Waals surface area contributed by atoms with Crippen molar-refractivity contribution in [2.24, 2.45) is 0 Å². The van der Waals surface area contributed by atoms with Gasteiger partial charge in [0.25, 0.3) is 0 Å². The summed E-state index contributed by atoms with van der Waals surface area (Å²) in [6, 6.07) is 9.79. The van der Waals surface area contributed by atoms with E-state index in [9.17, 15) is 14.4 Å². The van der Waals surface area contributed by atoms with Crippen molar-refractivity contribution in [3.63, 3.8) is 0 Å². The number of aromatic nitrogens is 6. The number of H-pyrrole nitrogens is 1. The lowest BCUT2D eigenvalue weighted by Crippen LogP contribution is -2.28. The molecule has 0 saturated heterocycles. The quantitative estimate of drug-likeness (QED) is 0.159. The fourth-order valence-corrected chi connectivity index (χ4v) is 5.18. The molecule has 2 bridgehead atoms. The molecule has 0 spiro atoms. The van der Waals surface area contributed by atoms with Crippen molar-refractivity contribution in [3.8, 4) is 16.9 Å². The molecule has 1 aliphatic rings. The Morgan fingerprint density at radius 3 is 2.86 bits per heavy atom. The summed E-state index contributed by atoms with van der Waals surface area (Å²) in [4.78, 5) is 45.7. The zero-order chi connectivity index (χ0) is 30.3. The van der Waals surface area contributed by atoms with Crippen LogP contribution in [0.4, 0.5) is 16.2 Å². The average molecular weight is 622 g/mol. The highest BCUT2D eigenvalue weighted by Gasteiger charge is 2.22. The molecule has 5 rings (SSSR count). The molecule has 0 aliphatic carbocycles. The molecule has 222 valence electrons. The summed E-state index contributed by atoms with van der Waals surface area (Å²) in [6.45, 7) is 0. The number of halogens is 1. The lowest BCUT2D eigenvalue weighted by molar-refractivity contribution is -0.117. The molecule has 4 aromatic rings. The molecular weight excluding hydrogens is 594 g/mol. The number of carbonyl (C=O) groups is 3. The van der Waals surface area contributed by atoms with E-state index < -0.39 is 12.1 Å². The number of benzene rings is 2. The topological polar surface area (TPSA) is 169 Å². The van der Waals surface area contributed by atoms with Gasteiger partial charge in [0.05, 0.1) is 30.2 Å². The van der Waals surface area contributed by atoms with Gasteiger partial charge < -0.3 is 20.4 Å². The van der Waals surface area contributed by atoms with Crippen LogP contribution in [0.1, 0.15) is 43.1 Å². The number of ether oxygens (including phenoxy) is 1. The van der Waals surface area contributed by atoms with E-state index in [4.69, 9.17) is 16.6 Å². The average Bonchev–Trinajstić information content (AvgIpc) is 3.68. The van der Waals surface area contributed by atoms with Crippen LogP contribution in [0.5, 0.6) is 0 Å². The van der Waals surface area contributed by atoms with Gasteiger partial charge in [0.1, 0.15) is 12.2 Å². The number of aromatic amines is 1. The Bertz CT molecular complexity index is 1660. The Morgan fingerprint density at radius 1 is 1.21 bits per heavy atom. The Kier molecular flexibility index (Phi) is 9.37. The fraction of sp³-hybridized carbons (Fsp3) is 0.250. The normalized spacial score (nSPS) is 17.1. The molecule has 1 aliphatic heterocycles. The summed E-state index contributed by atoms with van der Waals surface area (Å²) < 4.78 is 6.16. The fourth-order valence-electron chi connectivity index (χ4n) is 4.65. The minimum Gasteiger partial charge on any atom is -0.453 e. The van der Waals surface area contributed by atoms with Gasteiger partial charge >= 0.3 is 6.09 Å². The summed E-state index contributed by atoms with van der Waals surface area (Å²) in [6.07, 6.45) is 7.66. The third kappa shape index (κ3) is 7.59. The highest BCUT2D eigenvalue weighted by Crippen LogP contribution is 2.32. The van der Waals surface area contributed by atoms with Gasteiger partial charge in [-0.1, -0.05) is 11.6 Å². The van der Waals surface area contributed by atoms with Gasteiger partial charge in [-0.2, -0.15) is 17.3 Å². The van der Waals surface area contributed by atoms with Crippen molar-refractivity contribution in [3.05, 3.63) is 71.4 Å². The Balaban J connectivity index is 1.41. The highest BCUT2D eigenvalue weighted by atomic mass is 35.5. The number of nitrogens with zero attached hydrogens (tertiary/aromatic N) is 5. The molecule has 2 aromatic carbocycles. The standard InChI is InChI=1S/C28H28ClN9O4S/c1-42-28(41)32-18-7-8-20-22(12-18)34-26(40)13-19(43)3-2-4-21(27-30-14-23(20)35-27)33-25(39)10-5-16-11-17(29)6-9-24(16)38-15-31-36-37-38/h5-12,14-15,19,21,43H,2-4,13H2,1H3,(H,30,35)(H,32,41)(H,33,39)(H,34,40)/b10-5+/t19-,21+/m1/s1. The van der Waals surface area contributed by atoms with Gasteiger partial charge in [-0.25, -0.2) is 9.78 Å². The lowest BCUT2D eigenvalue weighted by Gasteiger charge is -2.17. The van der Waals surface area contributed by atoms with Gasteiger partial charge in [-0.05, 0) is 72.2 Å². The Morgan fingerprint density at radius 2 is 2.07 bits per heavy atom. The van der Waals surface area contributed by atoms with E-state index in [1.54, 1.807) is 48.7 Å². The minimum absolute atomic E-state index is 0.186. The van der Waals surface area contributed by atoms with Crippen LogP contribution >= 0.6 is 24.2 Å². The molecular formula is C28H28ClN9O4S. The Hall–Kier alpha value is -4.69. The molecule has 0 saturated carbocycles. The number of hydrogen-bond donors (Lipinski definition) is 5. The predicted octanol–water partition coefficient (Wildman–Crippen LogP) is 4.57. The largest absolute Gasteiger partial charge is 0.453 e. The van der Waals surface area contributed by atoms with E-state index in [1.807, 2.05) is 0 Å². The number of carbonyl (C=O) groups excluding carboxylic acids is 3. The van der Waals surface area contributed by atoms with Crippen LogP contribution < -0.4 is 16.0 Å². The molecule has 13 nitrogen and oxygen atoms in total. The second-order valence-corrected chi connectivity index (χ2v) is 10.9. The van der Waals surface area contributed by atoms with Gasteiger partial charge in [-0.3, -0.25) is 14.9 Å². The zero-order valence-electron chi connectivity index (χ0n) is 23.0. The molecule has 3 amide bonds. The molecule has 3 heterocycles. The number of fused-ring (bicyclic) bond motifs is 4. The van der Waals surface area contributed by atoms with E-state index in [2.05, 4.69) is 53.8 Å². The van der Waals surface area contributed by atoms with Gasteiger partial charge in [-0.15, -0.1) is 5.10 Å². The summed E-state index contributed by atoms with van der Waals surface area (Å²) in [5, 5.41) is 20.1. The van der Waals surface area contributed by atoms with Crippen LogP contribution in [0.15, 0.2) is 55.0 Å². The number of hydrogen-bond acceptors (Lipinski definition) is 9. The van der Waals surface area contributed by atoms with Crippen molar-refractivity contribution < 1.29 is 19.1 Å². The van der Waals surface area contributed by atoms with E-state index in [-0.39, 0.29) is 23.5 Å². The third-order valence-corrected chi connectivity index (χ3v) is 7.37. The zero-order valence-corrected chi connectivity index (χ0v) is 24.6. The maximum Gasteiger partial charge on any atom is 0.411 e. The third-order valence-electron chi connectivity index (χ3n) is 6.70. The van der Waals surface area contributed by atoms with E-state index in [0.29, 0.717) is 64.0 Å². The molecule has 2 aromatic heterocycles. The summed E-state index contributed by atoms with van der Waals surface area (Å²) in [7, 11) is 1.27. The monoisotopic (exact) mass is 621 g/mol. The molecule has 0 unspecified atom stereocenters. The second kappa shape index (κ2) is 13.5. The number of amides is 3.